The third-order valence-corrected chi connectivity index (χ3v) is 176. The largest absolute Gasteiger partial charge is 0.0690 e. The molecular weight excluding hydrogens is 577 g/mol. The summed E-state index contributed by atoms with van der Waals surface area (Å²) in [4.78, 5) is 0. The van der Waals surface area contributed by atoms with E-state index < -0.39 is 42.7 Å². The molecule has 0 bridgehead atoms. The fraction of sp³-hybridized carbons (Fsp3) is 0.647. The van der Waals surface area contributed by atoms with Crippen molar-refractivity contribution in [2.24, 2.45) is 0 Å². The van der Waals surface area contributed by atoms with Crippen molar-refractivity contribution in [3.8, 4) is 0 Å². The molecule has 3 rings (SSSR count). The summed E-state index contributed by atoms with van der Waals surface area (Å²) in [7, 11) is -7.26. The fourth-order valence-electron chi connectivity index (χ4n) is 13.8. The fourth-order valence-corrected chi connectivity index (χ4v) is 336. The molecule has 1 aliphatic rings. The molecule has 6 heteroatoms. The molecule has 1 saturated heterocycles. The standard InChI is InChI=1S/C34H64Si6/c1-27(2)37(28(3)4)38(29(5)6,30(7)8)40(32(11)12,36(15,16)34-25-21-18-22-26-34)39(37,31(9)10)35(13,14)33-23-19-17-20-24-33/h17-32H,1-16H3. The summed E-state index contributed by atoms with van der Waals surface area (Å²) in [5, 5.41) is 3.61. The first-order chi connectivity index (χ1) is 18.4. The molecule has 40 heavy (non-hydrogen) atoms. The maximum Gasteiger partial charge on any atom is 0.0690 e. The molecule has 0 aromatic heterocycles. The van der Waals surface area contributed by atoms with Crippen LogP contribution in [0, 0.1) is 0 Å². The van der Waals surface area contributed by atoms with E-state index in [4.69, 9.17) is 0 Å². The van der Waals surface area contributed by atoms with Crippen molar-refractivity contribution in [2.75, 3.05) is 0 Å². The van der Waals surface area contributed by atoms with Crippen LogP contribution in [0.2, 0.25) is 59.4 Å². The lowest BCUT2D eigenvalue weighted by atomic mass is 10.4. The summed E-state index contributed by atoms with van der Waals surface area (Å²) < 4.78 is 0. The van der Waals surface area contributed by atoms with Gasteiger partial charge in [0.15, 0.2) is 0 Å². The third-order valence-electron chi connectivity index (χ3n) is 12.9. The average Bonchev–Trinajstić information content (AvgIpc) is 2.83. The van der Waals surface area contributed by atoms with Gasteiger partial charge in [0.1, 0.15) is 0 Å². The normalized spacial score (nSPS) is 24.9. The zero-order valence-corrected chi connectivity index (χ0v) is 35.2. The predicted molar refractivity (Wildman–Crippen MR) is 201 cm³/mol. The Hall–Kier alpha value is -0.259. The second-order valence-electron chi connectivity index (χ2n) is 16.3. The van der Waals surface area contributed by atoms with Crippen LogP contribution < -0.4 is 10.4 Å². The van der Waals surface area contributed by atoms with Crippen LogP contribution in [0.3, 0.4) is 0 Å². The summed E-state index contributed by atoms with van der Waals surface area (Å²) in [6.07, 6.45) is 0. The molecule has 1 fully saturated rings. The number of hydrogen-bond acceptors (Lipinski definition) is 0. The topological polar surface area (TPSA) is 0 Å². The highest BCUT2D eigenvalue weighted by molar-refractivity contribution is 8.32. The average molecular weight is 641 g/mol. The number of hydrogen-bond donors (Lipinski definition) is 0. The van der Waals surface area contributed by atoms with Crippen LogP contribution in [0.25, 0.3) is 0 Å². The molecule has 2 aromatic rings. The van der Waals surface area contributed by atoms with Crippen LogP contribution in [0.4, 0.5) is 0 Å². The Morgan fingerprint density at radius 2 is 0.600 bits per heavy atom. The highest BCUT2D eigenvalue weighted by atomic mass is 30.4. The van der Waals surface area contributed by atoms with Gasteiger partial charge in [-0.05, 0) is 0 Å². The van der Waals surface area contributed by atoms with Crippen molar-refractivity contribution in [3.05, 3.63) is 60.7 Å². The molecule has 0 spiro atoms. The van der Waals surface area contributed by atoms with Crippen LogP contribution in [0.5, 0.6) is 0 Å². The van der Waals surface area contributed by atoms with Crippen LogP contribution in [-0.4, -0.2) is 42.7 Å². The summed E-state index contributed by atoms with van der Waals surface area (Å²) in [5.74, 6) is 0. The Morgan fingerprint density at radius 3 is 0.775 bits per heavy atom. The Kier molecular flexibility index (Phi) is 9.71. The van der Waals surface area contributed by atoms with E-state index in [2.05, 4.69) is 170 Å². The van der Waals surface area contributed by atoms with Gasteiger partial charge in [-0.1, -0.05) is 214 Å². The van der Waals surface area contributed by atoms with E-state index in [-0.39, 0.29) is 0 Å². The van der Waals surface area contributed by atoms with Crippen LogP contribution >= 0.6 is 0 Å². The van der Waals surface area contributed by atoms with E-state index in [0.717, 1.165) is 33.2 Å². The molecular formula is C34H64Si6. The second kappa shape index (κ2) is 11.3. The van der Waals surface area contributed by atoms with Gasteiger partial charge in [0.2, 0.25) is 0 Å². The van der Waals surface area contributed by atoms with Gasteiger partial charge in [-0.25, -0.2) is 0 Å². The molecule has 1 heterocycles. The van der Waals surface area contributed by atoms with Gasteiger partial charge in [0.05, 0.1) is 15.2 Å². The minimum Gasteiger partial charge on any atom is -0.0678 e. The molecule has 0 amide bonds. The molecule has 0 aliphatic carbocycles. The summed E-state index contributed by atoms with van der Waals surface area (Å²) in [6, 6.07) is 24.5. The van der Waals surface area contributed by atoms with Gasteiger partial charge in [-0.15, -0.1) is 0 Å². The first-order valence-corrected chi connectivity index (χ1v) is 36.9. The van der Waals surface area contributed by atoms with Gasteiger partial charge in [0, 0.05) is 27.5 Å². The van der Waals surface area contributed by atoms with Crippen molar-refractivity contribution in [1.82, 2.24) is 0 Å². The molecule has 0 radical (unpaired) electrons. The Bertz CT molecular complexity index is 1030. The van der Waals surface area contributed by atoms with Crippen molar-refractivity contribution >= 4 is 53.0 Å². The number of benzene rings is 2. The van der Waals surface area contributed by atoms with Gasteiger partial charge >= 0.3 is 0 Å². The first-order valence-electron chi connectivity index (χ1n) is 16.5. The highest BCUT2D eigenvalue weighted by Crippen LogP contribution is 2.75. The first kappa shape index (κ1) is 34.2. The molecule has 2 aromatic carbocycles. The summed E-state index contributed by atoms with van der Waals surface area (Å²) in [6.45, 7) is 41.4. The zero-order valence-electron chi connectivity index (χ0n) is 29.2. The lowest BCUT2D eigenvalue weighted by Crippen LogP contribution is -3.20. The van der Waals surface area contributed by atoms with E-state index in [1.807, 2.05) is 0 Å². The lowest BCUT2D eigenvalue weighted by molar-refractivity contribution is 0.873. The Morgan fingerprint density at radius 1 is 0.375 bits per heavy atom. The van der Waals surface area contributed by atoms with Gasteiger partial charge in [-0.3, -0.25) is 0 Å². The minimum atomic E-state index is -1.88. The summed E-state index contributed by atoms with van der Waals surface area (Å²) in [5.41, 5.74) is 5.27. The Labute approximate surface area is 255 Å². The minimum absolute atomic E-state index is 0.869. The molecule has 1 aliphatic heterocycles. The second-order valence-corrected chi connectivity index (χ2v) is 81.2. The van der Waals surface area contributed by atoms with Gasteiger partial charge in [-0.2, -0.15) is 0 Å². The molecule has 0 nitrogen and oxygen atoms in total. The van der Waals surface area contributed by atoms with Gasteiger partial charge < -0.3 is 0 Å². The molecule has 224 valence electrons. The SMILES string of the molecule is CC(C)[Si]1(C(C)C)[Si](C(C)C)(C(C)C)[Si](C(C)C)([Si](C)(C)c2ccccc2)[Si]1(C(C)C)[Si](C)(C)c1ccccc1. The molecule has 2 unspecified atom stereocenters. The predicted octanol–water partition coefficient (Wildman–Crippen LogP) is 9.96. The monoisotopic (exact) mass is 640 g/mol. The van der Waals surface area contributed by atoms with E-state index in [1.165, 1.54) is 0 Å². The molecule has 2 atom stereocenters. The molecule has 0 saturated carbocycles. The quantitative estimate of drug-likeness (QED) is 0.227. The van der Waals surface area contributed by atoms with E-state index >= 15 is 0 Å². The highest BCUT2D eigenvalue weighted by Gasteiger charge is 2.97. The van der Waals surface area contributed by atoms with Gasteiger partial charge in [0.25, 0.3) is 0 Å². The maximum atomic E-state index is 2.94. The molecule has 0 N–H and O–H groups in total. The third kappa shape index (κ3) is 3.68. The van der Waals surface area contributed by atoms with Crippen LogP contribution in [-0.2, 0) is 0 Å². The lowest BCUT2D eigenvalue weighted by Gasteiger charge is -2.92. The Balaban J connectivity index is 2.83. The van der Waals surface area contributed by atoms with Crippen molar-refractivity contribution in [3.63, 3.8) is 0 Å². The number of rotatable bonds is 10. The summed E-state index contributed by atoms with van der Waals surface area (Å²) >= 11 is 0. The van der Waals surface area contributed by atoms with Crippen molar-refractivity contribution in [1.29, 1.82) is 0 Å². The van der Waals surface area contributed by atoms with Crippen molar-refractivity contribution in [2.45, 2.75) is 143 Å². The van der Waals surface area contributed by atoms with Crippen LogP contribution in [0.1, 0.15) is 83.1 Å². The van der Waals surface area contributed by atoms with Crippen LogP contribution in [0.15, 0.2) is 60.7 Å². The van der Waals surface area contributed by atoms with Crippen molar-refractivity contribution < 1.29 is 0 Å². The van der Waals surface area contributed by atoms with E-state index in [1.54, 1.807) is 10.4 Å². The smallest absolute Gasteiger partial charge is 0.0678 e. The maximum absolute atomic E-state index is 2.94. The zero-order chi connectivity index (χ0) is 30.7. The van der Waals surface area contributed by atoms with E-state index in [0.29, 0.717) is 0 Å². The van der Waals surface area contributed by atoms with E-state index in [9.17, 15) is 0 Å².